The quantitative estimate of drug-likeness (QED) is 0.780. The Kier molecular flexibility index (Phi) is 4.09. The number of nitrogens with two attached hydrogens (primary N) is 1. The molecule has 2 saturated carbocycles. The fourth-order valence-corrected chi connectivity index (χ4v) is 4.11. The van der Waals surface area contributed by atoms with Gasteiger partial charge in [0.05, 0.1) is 10.9 Å². The lowest BCUT2D eigenvalue weighted by atomic mass is 9.90. The third kappa shape index (κ3) is 2.84. The number of carbonyl (C=O) groups excluding carboxylic acids is 1. The standard InChI is InChI=1S/C19H22BrN3O/c20-12-1-6-17-15(9-12)18(23-14-4-2-13(21)3-5-14)16(10-22-17)19(11-24)7-8-19/h1,6,9-11,13-14H,2-5,7-8,21H2,(H,22,23)/t13-,14-. The predicted molar refractivity (Wildman–Crippen MR) is 100 cm³/mol. The summed E-state index contributed by atoms with van der Waals surface area (Å²) in [6.45, 7) is 0. The number of aldehydes is 1. The number of anilines is 1. The average molecular weight is 388 g/mol. The summed E-state index contributed by atoms with van der Waals surface area (Å²) in [4.78, 5) is 16.3. The van der Waals surface area contributed by atoms with Gasteiger partial charge in [0.25, 0.3) is 0 Å². The molecule has 3 N–H and O–H groups in total. The van der Waals surface area contributed by atoms with Crippen molar-refractivity contribution < 1.29 is 4.79 Å². The zero-order valence-electron chi connectivity index (χ0n) is 13.6. The van der Waals surface area contributed by atoms with Gasteiger partial charge in [0.1, 0.15) is 6.29 Å². The molecule has 2 aliphatic rings. The number of hydrogen-bond donors (Lipinski definition) is 2. The summed E-state index contributed by atoms with van der Waals surface area (Å²) in [7, 11) is 0. The highest BCUT2D eigenvalue weighted by Gasteiger charge is 2.46. The number of pyridine rings is 1. The maximum Gasteiger partial charge on any atom is 0.130 e. The van der Waals surface area contributed by atoms with E-state index in [4.69, 9.17) is 5.73 Å². The van der Waals surface area contributed by atoms with Crippen LogP contribution in [-0.4, -0.2) is 23.4 Å². The first-order chi connectivity index (χ1) is 11.6. The minimum absolute atomic E-state index is 0.329. The molecular weight excluding hydrogens is 366 g/mol. The lowest BCUT2D eigenvalue weighted by Gasteiger charge is -2.29. The van der Waals surface area contributed by atoms with Crippen molar-refractivity contribution in [1.82, 2.24) is 4.98 Å². The predicted octanol–water partition coefficient (Wildman–Crippen LogP) is 3.91. The molecule has 4 nitrogen and oxygen atoms in total. The van der Waals surface area contributed by atoms with Crippen LogP contribution < -0.4 is 11.1 Å². The van der Waals surface area contributed by atoms with Crippen LogP contribution in [0.4, 0.5) is 5.69 Å². The van der Waals surface area contributed by atoms with Gasteiger partial charge in [-0.3, -0.25) is 4.98 Å². The zero-order chi connectivity index (χ0) is 16.7. The van der Waals surface area contributed by atoms with E-state index in [1.807, 2.05) is 18.3 Å². The highest BCUT2D eigenvalue weighted by molar-refractivity contribution is 9.10. The molecule has 0 radical (unpaired) electrons. The topological polar surface area (TPSA) is 68.0 Å². The van der Waals surface area contributed by atoms with Crippen LogP contribution >= 0.6 is 15.9 Å². The monoisotopic (exact) mass is 387 g/mol. The molecule has 1 aromatic heterocycles. The summed E-state index contributed by atoms with van der Waals surface area (Å²) in [5.74, 6) is 0. The molecule has 5 heteroatoms. The number of halogens is 1. The van der Waals surface area contributed by atoms with Crippen molar-refractivity contribution in [2.24, 2.45) is 5.73 Å². The van der Waals surface area contributed by atoms with E-state index < -0.39 is 0 Å². The van der Waals surface area contributed by atoms with E-state index in [0.717, 1.165) is 71.4 Å². The van der Waals surface area contributed by atoms with E-state index in [9.17, 15) is 4.79 Å². The van der Waals surface area contributed by atoms with Gasteiger partial charge < -0.3 is 15.8 Å². The number of nitrogens with zero attached hydrogens (tertiary/aromatic N) is 1. The number of nitrogens with one attached hydrogen (secondary N) is 1. The molecule has 0 aliphatic heterocycles. The second kappa shape index (κ2) is 6.12. The zero-order valence-corrected chi connectivity index (χ0v) is 15.2. The Hall–Kier alpha value is -1.46. The van der Waals surface area contributed by atoms with Crippen molar-refractivity contribution >= 4 is 38.8 Å². The Bertz CT molecular complexity index is 780. The van der Waals surface area contributed by atoms with E-state index >= 15 is 0 Å². The van der Waals surface area contributed by atoms with Crippen LogP contribution in [0, 0.1) is 0 Å². The molecule has 126 valence electrons. The van der Waals surface area contributed by atoms with Gasteiger partial charge in [0.15, 0.2) is 0 Å². The van der Waals surface area contributed by atoms with Gasteiger partial charge in [-0.25, -0.2) is 0 Å². The van der Waals surface area contributed by atoms with Crippen molar-refractivity contribution in [2.45, 2.75) is 56.0 Å². The van der Waals surface area contributed by atoms with Crippen molar-refractivity contribution in [3.63, 3.8) is 0 Å². The fraction of sp³-hybridized carbons (Fsp3) is 0.474. The van der Waals surface area contributed by atoms with E-state index in [0.29, 0.717) is 12.1 Å². The largest absolute Gasteiger partial charge is 0.381 e. The third-order valence-electron chi connectivity index (χ3n) is 5.50. The molecule has 1 heterocycles. The molecule has 2 fully saturated rings. The SMILES string of the molecule is N[C@H]1CC[C@H](Nc2c(C3(C=O)CC3)cnc3ccc(Br)cc23)CC1. The molecule has 1 aromatic carbocycles. The summed E-state index contributed by atoms with van der Waals surface area (Å²) in [5, 5.41) is 4.83. The summed E-state index contributed by atoms with van der Waals surface area (Å²) in [6.07, 6.45) is 9.10. The summed E-state index contributed by atoms with van der Waals surface area (Å²) >= 11 is 3.57. The summed E-state index contributed by atoms with van der Waals surface area (Å²) < 4.78 is 1.03. The molecule has 0 unspecified atom stereocenters. The number of rotatable bonds is 4. The van der Waals surface area contributed by atoms with Gasteiger partial charge in [0, 0.05) is 39.4 Å². The molecule has 0 atom stereocenters. The van der Waals surface area contributed by atoms with Gasteiger partial charge >= 0.3 is 0 Å². The van der Waals surface area contributed by atoms with Gasteiger partial charge in [0.2, 0.25) is 0 Å². The van der Waals surface area contributed by atoms with Gasteiger partial charge in [-0.15, -0.1) is 0 Å². The summed E-state index contributed by atoms with van der Waals surface area (Å²) in [5.41, 5.74) is 8.80. The first-order valence-electron chi connectivity index (χ1n) is 8.68. The Balaban J connectivity index is 1.78. The molecule has 24 heavy (non-hydrogen) atoms. The number of fused-ring (bicyclic) bond motifs is 1. The molecule has 4 rings (SSSR count). The molecule has 0 amide bonds. The van der Waals surface area contributed by atoms with Crippen molar-refractivity contribution in [2.75, 3.05) is 5.32 Å². The van der Waals surface area contributed by atoms with Crippen LogP contribution in [0.1, 0.15) is 44.1 Å². The Labute approximate surface area is 150 Å². The smallest absolute Gasteiger partial charge is 0.130 e. The van der Waals surface area contributed by atoms with Crippen molar-refractivity contribution in [1.29, 1.82) is 0 Å². The fourth-order valence-electron chi connectivity index (χ4n) is 3.75. The van der Waals surface area contributed by atoms with E-state index in [1.165, 1.54) is 0 Å². The minimum Gasteiger partial charge on any atom is -0.381 e. The van der Waals surface area contributed by atoms with E-state index in [-0.39, 0.29) is 5.41 Å². The summed E-state index contributed by atoms with van der Waals surface area (Å²) in [6, 6.07) is 6.87. The minimum atomic E-state index is -0.336. The lowest BCUT2D eigenvalue weighted by Crippen LogP contribution is -2.33. The molecular formula is C19H22BrN3O. The number of benzene rings is 1. The average Bonchev–Trinajstić information content (AvgIpc) is 3.38. The lowest BCUT2D eigenvalue weighted by molar-refractivity contribution is -0.109. The first kappa shape index (κ1) is 16.0. The molecule has 0 bridgehead atoms. The van der Waals surface area contributed by atoms with Gasteiger partial charge in [-0.2, -0.15) is 0 Å². The van der Waals surface area contributed by atoms with Crippen LogP contribution in [-0.2, 0) is 10.2 Å². The van der Waals surface area contributed by atoms with Crippen LogP contribution in [0.3, 0.4) is 0 Å². The number of hydrogen-bond acceptors (Lipinski definition) is 4. The Morgan fingerprint density at radius 3 is 2.67 bits per heavy atom. The van der Waals surface area contributed by atoms with Crippen LogP contribution in [0.15, 0.2) is 28.9 Å². The number of aromatic nitrogens is 1. The highest BCUT2D eigenvalue weighted by atomic mass is 79.9. The van der Waals surface area contributed by atoms with Gasteiger partial charge in [-0.1, -0.05) is 15.9 Å². The van der Waals surface area contributed by atoms with Crippen LogP contribution in [0.2, 0.25) is 0 Å². The second-order valence-electron chi connectivity index (χ2n) is 7.24. The normalized spacial score (nSPS) is 25.4. The highest BCUT2D eigenvalue weighted by Crippen LogP contribution is 2.50. The van der Waals surface area contributed by atoms with Crippen molar-refractivity contribution in [3.05, 3.63) is 34.4 Å². The Morgan fingerprint density at radius 1 is 1.25 bits per heavy atom. The third-order valence-corrected chi connectivity index (χ3v) is 5.99. The van der Waals surface area contributed by atoms with E-state index in [1.54, 1.807) is 0 Å². The molecule has 2 aliphatic carbocycles. The van der Waals surface area contributed by atoms with E-state index in [2.05, 4.69) is 32.3 Å². The second-order valence-corrected chi connectivity index (χ2v) is 8.15. The Morgan fingerprint density at radius 2 is 2.00 bits per heavy atom. The first-order valence-corrected chi connectivity index (χ1v) is 9.48. The molecule has 0 spiro atoms. The van der Waals surface area contributed by atoms with Crippen LogP contribution in [0.5, 0.6) is 0 Å². The molecule has 0 saturated heterocycles. The van der Waals surface area contributed by atoms with Gasteiger partial charge in [-0.05, 0) is 56.7 Å². The van der Waals surface area contributed by atoms with Crippen LogP contribution in [0.25, 0.3) is 10.9 Å². The van der Waals surface area contributed by atoms with Crippen molar-refractivity contribution in [3.8, 4) is 0 Å². The molecule has 2 aromatic rings. The maximum absolute atomic E-state index is 11.7. The maximum atomic E-state index is 11.7. The number of carbonyl (C=O) groups is 1.